The molecule has 0 bridgehead atoms. The maximum Gasteiger partial charge on any atom is 0.305 e. The molecule has 0 fully saturated rings. The Labute approximate surface area is 126 Å². The van der Waals surface area contributed by atoms with Crippen LogP contribution in [-0.2, 0) is 23.7 Å². The quantitative estimate of drug-likeness (QED) is 0.317. The zero-order valence-electron chi connectivity index (χ0n) is 12.8. The second kappa shape index (κ2) is 15.7. The van der Waals surface area contributed by atoms with Crippen LogP contribution in [0.2, 0.25) is 13.1 Å². The van der Waals surface area contributed by atoms with Crippen molar-refractivity contribution in [3.63, 3.8) is 0 Å². The molecule has 0 atom stereocenters. The van der Waals surface area contributed by atoms with E-state index in [9.17, 15) is 4.79 Å². The van der Waals surface area contributed by atoms with Gasteiger partial charge in [0.25, 0.3) is 6.92 Å². The summed E-state index contributed by atoms with van der Waals surface area (Å²) in [7, 11) is 0. The summed E-state index contributed by atoms with van der Waals surface area (Å²) in [5.41, 5.74) is 0. The van der Waals surface area contributed by atoms with Gasteiger partial charge >= 0.3 is 5.97 Å². The summed E-state index contributed by atoms with van der Waals surface area (Å²) in [5, 5.41) is 17.4. The number of rotatable bonds is 16. The fourth-order valence-electron chi connectivity index (χ4n) is 1.40. The molecule has 124 valence electrons. The first kappa shape index (κ1) is 20.3. The number of hydrogen-bond donors (Lipinski definition) is 2. The molecule has 0 radical (unpaired) electrons. The minimum Gasteiger partial charge on any atom is -0.481 e. The highest BCUT2D eigenvalue weighted by molar-refractivity contribution is 6.48. The molecule has 0 aromatic carbocycles. The molecule has 0 spiro atoms. The molecule has 0 amide bonds. The first-order valence-electron chi connectivity index (χ1n) is 7.33. The van der Waals surface area contributed by atoms with Crippen molar-refractivity contribution in [2.24, 2.45) is 0 Å². The Balaban J connectivity index is 2.98. The summed E-state index contributed by atoms with van der Waals surface area (Å²) in [6, 6.07) is 0. The number of carbonyl (C=O) groups is 1. The summed E-state index contributed by atoms with van der Waals surface area (Å²) in [5.74, 6) is -0.864. The molecule has 0 heterocycles. The first-order valence-corrected chi connectivity index (χ1v) is 7.33. The molecule has 0 saturated heterocycles. The van der Waals surface area contributed by atoms with E-state index in [0.717, 1.165) is 12.7 Å². The van der Waals surface area contributed by atoms with E-state index in [-0.39, 0.29) is 19.9 Å². The maximum atomic E-state index is 10.2. The maximum absolute atomic E-state index is 10.2. The van der Waals surface area contributed by atoms with E-state index in [1.165, 1.54) is 0 Å². The first-order chi connectivity index (χ1) is 10.1. The highest BCUT2D eigenvalue weighted by atomic mass is 16.6. The molecule has 0 aliphatic carbocycles. The van der Waals surface area contributed by atoms with E-state index >= 15 is 0 Å². The topological polar surface area (TPSA) is 94.5 Å². The molecule has 21 heavy (non-hydrogen) atoms. The van der Waals surface area contributed by atoms with Crippen molar-refractivity contribution in [2.45, 2.75) is 26.0 Å². The molecule has 0 unspecified atom stereocenters. The minimum atomic E-state index is -0.864. The van der Waals surface area contributed by atoms with Crippen LogP contribution in [0.5, 0.6) is 0 Å². The van der Waals surface area contributed by atoms with Crippen molar-refractivity contribution in [1.82, 2.24) is 0 Å². The third-order valence-electron chi connectivity index (χ3n) is 2.49. The van der Waals surface area contributed by atoms with Crippen LogP contribution in [0.1, 0.15) is 12.8 Å². The Morgan fingerprint density at radius 2 is 1.29 bits per heavy atom. The standard InChI is InChI=1S/C13H27BO7/c1-14(17)4-2-5-18-7-9-20-11-12-21-10-8-19-6-3-13(15)16/h17H,2-12H2,1H3,(H,15,16). The summed E-state index contributed by atoms with van der Waals surface area (Å²) in [4.78, 5) is 10.2. The van der Waals surface area contributed by atoms with Crippen LogP contribution in [0.4, 0.5) is 0 Å². The Morgan fingerprint density at radius 3 is 1.71 bits per heavy atom. The Bertz CT molecular complexity index is 239. The minimum absolute atomic E-state index is 0.0142. The van der Waals surface area contributed by atoms with Crippen LogP contribution in [0, 0.1) is 0 Å². The molecule has 8 heteroatoms. The molecule has 0 saturated carbocycles. The predicted octanol–water partition coefficient (Wildman–Crippen LogP) is 0.531. The molecular formula is C13H27BO7. The van der Waals surface area contributed by atoms with Crippen molar-refractivity contribution >= 4 is 12.9 Å². The monoisotopic (exact) mass is 306 g/mol. The van der Waals surface area contributed by atoms with E-state index in [4.69, 9.17) is 29.1 Å². The van der Waals surface area contributed by atoms with E-state index in [1.807, 2.05) is 0 Å². The van der Waals surface area contributed by atoms with Gasteiger partial charge in [0.05, 0.1) is 52.7 Å². The molecular weight excluding hydrogens is 279 g/mol. The summed E-state index contributed by atoms with van der Waals surface area (Å²) in [6.45, 7) is 5.19. The lowest BCUT2D eigenvalue weighted by molar-refractivity contribution is -0.138. The van der Waals surface area contributed by atoms with Crippen LogP contribution in [0.15, 0.2) is 0 Å². The fourth-order valence-corrected chi connectivity index (χ4v) is 1.40. The number of hydrogen-bond acceptors (Lipinski definition) is 6. The second-order valence-electron chi connectivity index (χ2n) is 4.58. The summed E-state index contributed by atoms with van der Waals surface area (Å²) < 4.78 is 20.9. The number of ether oxygens (including phenoxy) is 4. The predicted molar refractivity (Wildman–Crippen MR) is 78.8 cm³/mol. The molecule has 0 rings (SSSR count). The van der Waals surface area contributed by atoms with Crippen LogP contribution in [-0.4, -0.2) is 75.9 Å². The number of carboxylic acid groups (broad SMARTS) is 1. The Hall–Kier alpha value is -0.665. The Kier molecular flexibility index (Phi) is 15.2. The summed E-state index contributed by atoms with van der Waals surface area (Å²) in [6.07, 6.45) is 1.62. The van der Waals surface area contributed by atoms with Gasteiger partial charge in [0.15, 0.2) is 0 Å². The van der Waals surface area contributed by atoms with Crippen LogP contribution in [0.3, 0.4) is 0 Å². The second-order valence-corrected chi connectivity index (χ2v) is 4.58. The van der Waals surface area contributed by atoms with Gasteiger partial charge < -0.3 is 29.1 Å². The number of carboxylic acids is 1. The van der Waals surface area contributed by atoms with Gasteiger partial charge in [0, 0.05) is 6.61 Å². The molecule has 0 aliphatic heterocycles. The van der Waals surface area contributed by atoms with Crippen molar-refractivity contribution < 1.29 is 33.9 Å². The SMILES string of the molecule is CB(O)CCCOCCOCCOCCOCCC(=O)O. The normalized spacial score (nSPS) is 10.8. The zero-order valence-corrected chi connectivity index (χ0v) is 12.8. The van der Waals surface area contributed by atoms with E-state index in [2.05, 4.69) is 0 Å². The zero-order chi connectivity index (χ0) is 15.8. The third-order valence-corrected chi connectivity index (χ3v) is 2.49. The van der Waals surface area contributed by atoms with Gasteiger partial charge in [-0.3, -0.25) is 4.79 Å². The molecule has 2 N–H and O–H groups in total. The van der Waals surface area contributed by atoms with Crippen LogP contribution >= 0.6 is 0 Å². The lowest BCUT2D eigenvalue weighted by Crippen LogP contribution is -2.13. The average Bonchev–Trinajstić information content (AvgIpc) is 2.42. The smallest absolute Gasteiger partial charge is 0.305 e. The van der Waals surface area contributed by atoms with Gasteiger partial charge in [0.2, 0.25) is 0 Å². The van der Waals surface area contributed by atoms with Gasteiger partial charge in [-0.2, -0.15) is 0 Å². The van der Waals surface area contributed by atoms with Crippen LogP contribution in [0.25, 0.3) is 0 Å². The van der Waals surface area contributed by atoms with Gasteiger partial charge in [-0.05, 0) is 12.7 Å². The van der Waals surface area contributed by atoms with Crippen molar-refractivity contribution in [2.75, 3.05) is 52.9 Å². The fraction of sp³-hybridized carbons (Fsp3) is 0.923. The van der Waals surface area contributed by atoms with Gasteiger partial charge in [0.1, 0.15) is 0 Å². The Morgan fingerprint density at radius 1 is 0.857 bits per heavy atom. The van der Waals surface area contributed by atoms with E-state index in [1.54, 1.807) is 6.82 Å². The molecule has 0 aromatic heterocycles. The lowest BCUT2D eigenvalue weighted by atomic mass is 9.67. The molecule has 0 aromatic rings. The molecule has 7 nitrogen and oxygen atoms in total. The lowest BCUT2D eigenvalue weighted by Gasteiger charge is -2.07. The van der Waals surface area contributed by atoms with Crippen LogP contribution < -0.4 is 0 Å². The van der Waals surface area contributed by atoms with E-state index < -0.39 is 5.97 Å². The van der Waals surface area contributed by atoms with Crippen molar-refractivity contribution in [3.05, 3.63) is 0 Å². The number of aliphatic carboxylic acids is 1. The van der Waals surface area contributed by atoms with Gasteiger partial charge in [-0.1, -0.05) is 6.82 Å². The average molecular weight is 306 g/mol. The summed E-state index contributed by atoms with van der Waals surface area (Å²) >= 11 is 0. The third kappa shape index (κ3) is 19.3. The van der Waals surface area contributed by atoms with Crippen molar-refractivity contribution in [1.29, 1.82) is 0 Å². The molecule has 0 aliphatic rings. The van der Waals surface area contributed by atoms with Gasteiger partial charge in [-0.25, -0.2) is 0 Å². The highest BCUT2D eigenvalue weighted by Gasteiger charge is 2.00. The van der Waals surface area contributed by atoms with E-state index in [0.29, 0.717) is 46.2 Å². The van der Waals surface area contributed by atoms with Gasteiger partial charge in [-0.15, -0.1) is 0 Å². The van der Waals surface area contributed by atoms with Crippen molar-refractivity contribution in [3.8, 4) is 0 Å². The highest BCUT2D eigenvalue weighted by Crippen LogP contribution is 1.94. The largest absolute Gasteiger partial charge is 0.481 e.